The zero-order valence-electron chi connectivity index (χ0n) is 30.1. The number of rotatable bonds is 5. The van der Waals surface area contributed by atoms with Crippen LogP contribution in [-0.2, 0) is 0 Å². The van der Waals surface area contributed by atoms with Crippen molar-refractivity contribution < 1.29 is 13.3 Å². The molecule has 12 rings (SSSR count). The standard InChI is InChI=1S/C52H31NO3/c1-2-10-32(11-3-1)33-20-25-36(26-21-33)53(43-16-9-19-45-48(43)42-29-24-34-12-4-5-13-39(34)51(42)56-45)37-27-22-35(23-28-37)38-15-8-18-46-49(38)50-47(54-46)31-30-41-40-14-6-7-17-44(40)55-52(41)50/h1-31H. The fourth-order valence-corrected chi connectivity index (χ4v) is 8.70. The lowest BCUT2D eigenvalue weighted by atomic mass is 9.98. The second-order valence-corrected chi connectivity index (χ2v) is 14.4. The van der Waals surface area contributed by atoms with Gasteiger partial charge in [0.25, 0.3) is 0 Å². The zero-order chi connectivity index (χ0) is 36.7. The lowest BCUT2D eigenvalue weighted by molar-refractivity contribution is 0.663. The van der Waals surface area contributed by atoms with Crippen molar-refractivity contribution in [3.05, 3.63) is 188 Å². The number of anilines is 3. The Hall–Kier alpha value is -7.56. The molecule has 0 spiro atoms. The Morgan fingerprint density at radius 2 is 0.911 bits per heavy atom. The summed E-state index contributed by atoms with van der Waals surface area (Å²) in [4.78, 5) is 2.34. The van der Waals surface area contributed by atoms with Crippen molar-refractivity contribution in [2.75, 3.05) is 4.90 Å². The molecule has 0 aliphatic heterocycles. The third-order valence-electron chi connectivity index (χ3n) is 11.3. The van der Waals surface area contributed by atoms with Gasteiger partial charge >= 0.3 is 0 Å². The van der Waals surface area contributed by atoms with Crippen LogP contribution in [0, 0.1) is 0 Å². The van der Waals surface area contributed by atoms with Crippen LogP contribution < -0.4 is 4.90 Å². The first-order chi connectivity index (χ1) is 27.8. The van der Waals surface area contributed by atoms with Gasteiger partial charge in [0.05, 0.1) is 16.5 Å². The van der Waals surface area contributed by atoms with Crippen LogP contribution in [0.2, 0.25) is 0 Å². The smallest absolute Gasteiger partial charge is 0.147 e. The van der Waals surface area contributed by atoms with Crippen LogP contribution in [0.3, 0.4) is 0 Å². The summed E-state index contributed by atoms with van der Waals surface area (Å²) in [6.45, 7) is 0. The van der Waals surface area contributed by atoms with Gasteiger partial charge in [0, 0.05) is 38.3 Å². The predicted octanol–water partition coefficient (Wildman–Crippen LogP) is 15.3. The van der Waals surface area contributed by atoms with E-state index in [0.717, 1.165) is 105 Å². The average Bonchev–Trinajstić information content (AvgIpc) is 3.96. The first-order valence-corrected chi connectivity index (χ1v) is 18.9. The number of nitrogens with zero attached hydrogens (tertiary/aromatic N) is 1. The Morgan fingerprint density at radius 3 is 1.73 bits per heavy atom. The number of benzene rings is 9. The van der Waals surface area contributed by atoms with Gasteiger partial charge in [-0.15, -0.1) is 0 Å². The molecule has 0 N–H and O–H groups in total. The lowest BCUT2D eigenvalue weighted by Crippen LogP contribution is -2.10. The molecule has 0 radical (unpaired) electrons. The van der Waals surface area contributed by atoms with Gasteiger partial charge in [-0.2, -0.15) is 0 Å². The van der Waals surface area contributed by atoms with Gasteiger partial charge in [-0.3, -0.25) is 0 Å². The van der Waals surface area contributed by atoms with Crippen LogP contribution in [0.5, 0.6) is 0 Å². The van der Waals surface area contributed by atoms with Gasteiger partial charge in [-0.1, -0.05) is 121 Å². The fourth-order valence-electron chi connectivity index (χ4n) is 8.70. The van der Waals surface area contributed by atoms with Gasteiger partial charge in [-0.25, -0.2) is 0 Å². The molecule has 0 fully saturated rings. The van der Waals surface area contributed by atoms with Gasteiger partial charge in [0.2, 0.25) is 0 Å². The molecule has 56 heavy (non-hydrogen) atoms. The second kappa shape index (κ2) is 12.0. The van der Waals surface area contributed by atoms with E-state index in [1.807, 2.05) is 18.2 Å². The van der Waals surface area contributed by atoms with E-state index >= 15 is 0 Å². The summed E-state index contributed by atoms with van der Waals surface area (Å²) in [5.41, 5.74) is 12.8. The molecule has 0 aliphatic rings. The van der Waals surface area contributed by atoms with Crippen LogP contribution >= 0.6 is 0 Å². The largest absolute Gasteiger partial charge is 0.456 e. The Morgan fingerprint density at radius 1 is 0.304 bits per heavy atom. The summed E-state index contributed by atoms with van der Waals surface area (Å²) >= 11 is 0. The monoisotopic (exact) mass is 717 g/mol. The summed E-state index contributed by atoms with van der Waals surface area (Å²) in [6, 6.07) is 66.1. The van der Waals surface area contributed by atoms with Crippen LogP contribution in [0.25, 0.3) is 98.8 Å². The van der Waals surface area contributed by atoms with Crippen LogP contribution in [-0.4, -0.2) is 0 Å². The highest BCUT2D eigenvalue weighted by Crippen LogP contribution is 2.46. The summed E-state index contributed by atoms with van der Waals surface area (Å²) < 4.78 is 19.6. The summed E-state index contributed by atoms with van der Waals surface area (Å²) in [7, 11) is 0. The van der Waals surface area contributed by atoms with E-state index in [0.29, 0.717) is 0 Å². The van der Waals surface area contributed by atoms with Crippen molar-refractivity contribution in [1.82, 2.24) is 0 Å². The molecular formula is C52H31NO3. The van der Waals surface area contributed by atoms with E-state index in [2.05, 4.69) is 175 Å². The SMILES string of the molecule is c1ccc(-c2ccc(N(c3ccc(-c4cccc5oc6ccc7c8ccccc8oc7c6c45)cc3)c3cccc4oc5c6ccccc6ccc5c34)cc2)cc1. The Balaban J connectivity index is 1.05. The molecule has 0 amide bonds. The van der Waals surface area contributed by atoms with Crippen LogP contribution in [0.1, 0.15) is 0 Å². The summed E-state index contributed by atoms with van der Waals surface area (Å²) in [5.74, 6) is 0. The molecule has 3 aromatic heterocycles. The van der Waals surface area contributed by atoms with Crippen LogP contribution in [0.15, 0.2) is 201 Å². The maximum Gasteiger partial charge on any atom is 0.147 e. The third kappa shape index (κ3) is 4.60. The van der Waals surface area contributed by atoms with E-state index in [1.165, 1.54) is 11.1 Å². The van der Waals surface area contributed by atoms with Crippen LogP contribution in [0.4, 0.5) is 17.1 Å². The molecule has 0 aliphatic carbocycles. The highest BCUT2D eigenvalue weighted by atomic mass is 16.3. The first-order valence-electron chi connectivity index (χ1n) is 18.9. The molecule has 9 aromatic carbocycles. The number of hydrogen-bond acceptors (Lipinski definition) is 4. The maximum atomic E-state index is 6.66. The first kappa shape index (κ1) is 30.9. The van der Waals surface area contributed by atoms with Gasteiger partial charge in [0.15, 0.2) is 0 Å². The van der Waals surface area contributed by atoms with Crippen molar-refractivity contribution in [3.63, 3.8) is 0 Å². The van der Waals surface area contributed by atoms with Gasteiger partial charge in [-0.05, 0) is 94.4 Å². The molecule has 4 nitrogen and oxygen atoms in total. The van der Waals surface area contributed by atoms with Crippen molar-refractivity contribution in [1.29, 1.82) is 0 Å². The molecule has 262 valence electrons. The normalized spacial score (nSPS) is 11.9. The number of furan rings is 3. The molecule has 0 saturated carbocycles. The highest BCUT2D eigenvalue weighted by Gasteiger charge is 2.22. The average molecular weight is 718 g/mol. The number of fused-ring (bicyclic) bond motifs is 12. The zero-order valence-corrected chi connectivity index (χ0v) is 30.1. The molecule has 0 atom stereocenters. The van der Waals surface area contributed by atoms with E-state index in [9.17, 15) is 0 Å². The maximum absolute atomic E-state index is 6.66. The Labute approximate surface area is 321 Å². The van der Waals surface area contributed by atoms with E-state index in [-0.39, 0.29) is 0 Å². The minimum absolute atomic E-state index is 0.814. The Kier molecular flexibility index (Phi) is 6.60. The van der Waals surface area contributed by atoms with Crippen molar-refractivity contribution in [3.8, 4) is 22.3 Å². The molecular weight excluding hydrogens is 687 g/mol. The van der Waals surface area contributed by atoms with Crippen molar-refractivity contribution in [2.24, 2.45) is 0 Å². The molecule has 0 unspecified atom stereocenters. The second-order valence-electron chi connectivity index (χ2n) is 14.4. The molecule has 0 saturated heterocycles. The minimum Gasteiger partial charge on any atom is -0.456 e. The van der Waals surface area contributed by atoms with Crippen molar-refractivity contribution >= 4 is 93.7 Å². The van der Waals surface area contributed by atoms with E-state index in [1.54, 1.807) is 0 Å². The van der Waals surface area contributed by atoms with E-state index < -0.39 is 0 Å². The minimum atomic E-state index is 0.814. The predicted molar refractivity (Wildman–Crippen MR) is 231 cm³/mol. The third-order valence-corrected chi connectivity index (χ3v) is 11.3. The van der Waals surface area contributed by atoms with Gasteiger partial charge in [0.1, 0.15) is 33.5 Å². The quantitative estimate of drug-likeness (QED) is 0.178. The molecule has 12 aromatic rings. The van der Waals surface area contributed by atoms with E-state index in [4.69, 9.17) is 13.3 Å². The number of hydrogen-bond donors (Lipinski definition) is 0. The molecule has 0 bridgehead atoms. The lowest BCUT2D eigenvalue weighted by Gasteiger charge is -2.26. The van der Waals surface area contributed by atoms with Gasteiger partial charge < -0.3 is 18.2 Å². The fraction of sp³-hybridized carbons (Fsp3) is 0. The number of para-hydroxylation sites is 1. The topological polar surface area (TPSA) is 42.7 Å². The Bertz CT molecular complexity index is 3460. The summed E-state index contributed by atoms with van der Waals surface area (Å²) in [5, 5.41) is 8.67. The molecule has 4 heteroatoms. The molecule has 3 heterocycles. The highest BCUT2D eigenvalue weighted by molar-refractivity contribution is 6.25. The van der Waals surface area contributed by atoms with Crippen molar-refractivity contribution in [2.45, 2.75) is 0 Å². The summed E-state index contributed by atoms with van der Waals surface area (Å²) in [6.07, 6.45) is 0.